The van der Waals surface area contributed by atoms with Crippen molar-refractivity contribution in [2.24, 2.45) is 5.16 Å². The lowest BCUT2D eigenvalue weighted by Crippen LogP contribution is -2.57. The molecule has 0 spiro atoms. The smallest absolute Gasteiger partial charge is 0.449 e. The van der Waals surface area contributed by atoms with Crippen molar-refractivity contribution in [1.29, 1.82) is 0 Å². The first-order chi connectivity index (χ1) is 18.2. The summed E-state index contributed by atoms with van der Waals surface area (Å²) < 4.78 is 11.8. The number of amides is 2. The molecule has 0 aliphatic carbocycles. The Labute approximate surface area is 223 Å². The highest BCUT2D eigenvalue weighted by Crippen LogP contribution is 2.47. The molecule has 1 fully saturated rings. The van der Waals surface area contributed by atoms with E-state index in [0.29, 0.717) is 18.2 Å². The first-order valence-corrected chi connectivity index (χ1v) is 12.9. The van der Waals surface area contributed by atoms with Crippen molar-refractivity contribution in [2.45, 2.75) is 28.9 Å². The highest BCUT2D eigenvalue weighted by atomic mass is 32.2. The highest BCUT2D eigenvalue weighted by Gasteiger charge is 2.50. The van der Waals surface area contributed by atoms with Crippen molar-refractivity contribution in [3.05, 3.63) is 17.7 Å². The molecule has 19 heteroatoms. The normalized spacial score (nSPS) is 19.1. The minimum absolute atomic E-state index is 0.0413. The van der Waals surface area contributed by atoms with Gasteiger partial charge in [-0.05, 0) is 24.5 Å². The van der Waals surface area contributed by atoms with Gasteiger partial charge >= 0.3 is 6.16 Å². The Bertz CT molecular complexity index is 1260. The maximum atomic E-state index is 13.2. The minimum Gasteiger partial charge on any atom is -0.449 e. The largest absolute Gasteiger partial charge is 0.512 e. The number of thioether (sulfide) groups is 2. The van der Waals surface area contributed by atoms with Gasteiger partial charge in [0.2, 0.25) is 16.9 Å². The number of rotatable bonds is 11. The molecule has 3 N–H and O–H groups in total. The molecule has 2 aliphatic heterocycles. The summed E-state index contributed by atoms with van der Waals surface area (Å²) >= 11 is 2.41. The molecule has 0 aromatic carbocycles. The van der Waals surface area contributed by atoms with E-state index in [0.717, 1.165) is 6.21 Å². The van der Waals surface area contributed by atoms with E-state index in [1.165, 1.54) is 46.7 Å². The lowest BCUT2D eigenvalue weighted by atomic mass is 10.1. The zero-order valence-corrected chi connectivity index (χ0v) is 22.1. The molecule has 204 valence electrons. The molecule has 2 aromatic heterocycles. The molecule has 2 aromatic rings. The van der Waals surface area contributed by atoms with Crippen LogP contribution in [0.2, 0.25) is 0 Å². The van der Waals surface area contributed by atoms with Crippen LogP contribution in [0.15, 0.2) is 32.4 Å². The quantitative estimate of drug-likeness (QED) is 0.121. The summed E-state index contributed by atoms with van der Waals surface area (Å²) in [7, 11) is 5.10. The third-order valence-electron chi connectivity index (χ3n) is 5.28. The van der Waals surface area contributed by atoms with Crippen molar-refractivity contribution < 1.29 is 33.5 Å². The summed E-state index contributed by atoms with van der Waals surface area (Å²) in [6, 6.07) is -0.190. The lowest BCUT2D eigenvalue weighted by Gasteiger charge is -2.48. The highest BCUT2D eigenvalue weighted by molar-refractivity contribution is 8.01. The van der Waals surface area contributed by atoms with Crippen molar-refractivity contribution in [1.82, 2.24) is 35.0 Å². The molecule has 2 amide bonds. The van der Waals surface area contributed by atoms with Crippen LogP contribution < -0.4 is 10.6 Å². The Hall–Kier alpha value is -3.84. The number of carbonyl (C=O) groups is 3. The molecular weight excluding hydrogens is 544 g/mol. The Morgan fingerprint density at radius 3 is 2.87 bits per heavy atom. The number of carboxylic acid groups (broad SMARTS) is 1. The second-order valence-electron chi connectivity index (χ2n) is 8.06. The molecule has 0 saturated carbocycles. The Morgan fingerprint density at radius 1 is 1.45 bits per heavy atom. The van der Waals surface area contributed by atoms with Gasteiger partial charge in [-0.2, -0.15) is 4.98 Å². The zero-order valence-electron chi connectivity index (χ0n) is 20.5. The Kier molecular flexibility index (Phi) is 8.37. The topological polar surface area (TPSA) is 208 Å². The van der Waals surface area contributed by atoms with Gasteiger partial charge in [0.25, 0.3) is 11.9 Å². The first-order valence-electron chi connectivity index (χ1n) is 10.9. The van der Waals surface area contributed by atoms with Crippen molar-refractivity contribution in [3.8, 4) is 0 Å². The third kappa shape index (κ3) is 5.83. The summed E-state index contributed by atoms with van der Waals surface area (Å²) in [5, 5.41) is 23.9. The van der Waals surface area contributed by atoms with Gasteiger partial charge in [0.05, 0.1) is 18.3 Å². The number of nitrogen functional groups attached to an aromatic ring is 1. The van der Waals surface area contributed by atoms with E-state index in [1.54, 1.807) is 4.68 Å². The van der Waals surface area contributed by atoms with Gasteiger partial charge in [-0.1, -0.05) is 16.9 Å². The first kappa shape index (κ1) is 27.2. The fraction of sp³-hybridized carbons (Fsp3) is 0.474. The molecule has 4 rings (SSSR count). The van der Waals surface area contributed by atoms with E-state index in [9.17, 15) is 19.5 Å². The van der Waals surface area contributed by atoms with Crippen LogP contribution in [0.3, 0.4) is 0 Å². The number of hydrogen-bond donors (Lipinski definition) is 2. The number of tetrazole rings is 1. The minimum atomic E-state index is -1.62. The van der Waals surface area contributed by atoms with Gasteiger partial charge in [-0.25, -0.2) is 9.48 Å². The average Bonchev–Trinajstić information content (AvgIpc) is 3.48. The van der Waals surface area contributed by atoms with E-state index in [4.69, 9.17) is 14.9 Å². The predicted molar refractivity (Wildman–Crippen MR) is 134 cm³/mol. The number of anilines is 2. The van der Waals surface area contributed by atoms with Gasteiger partial charge in [-0.3, -0.25) is 19.4 Å². The number of carbonyl (C=O) groups excluding carboxylic acids is 2. The van der Waals surface area contributed by atoms with Crippen LogP contribution in [-0.4, -0.2) is 109 Å². The second kappa shape index (κ2) is 11.7. The molecule has 2 atom stereocenters. The molecular formula is C19H24N10O7S2. The molecule has 1 unspecified atom stereocenters. The number of likely N-dealkylation sites (N-methyl/N-ethyl adjacent to an activating group) is 1. The molecule has 1 saturated heterocycles. The number of aromatic nitrogens is 5. The van der Waals surface area contributed by atoms with Crippen LogP contribution >= 0.6 is 23.5 Å². The van der Waals surface area contributed by atoms with E-state index in [1.807, 2.05) is 19.0 Å². The maximum absolute atomic E-state index is 13.2. The molecule has 4 heterocycles. The van der Waals surface area contributed by atoms with E-state index in [2.05, 4.69) is 30.5 Å². The summed E-state index contributed by atoms with van der Waals surface area (Å²) in [5.74, 6) is -1.08. The summed E-state index contributed by atoms with van der Waals surface area (Å²) in [5.41, 5.74) is 5.95. The third-order valence-corrected chi connectivity index (χ3v) is 7.73. The molecule has 0 radical (unpaired) electrons. The monoisotopic (exact) mass is 568 g/mol. The number of oxime groups is 1. The summed E-state index contributed by atoms with van der Waals surface area (Å²) in [4.78, 5) is 50.5. The van der Waals surface area contributed by atoms with Gasteiger partial charge in [0.1, 0.15) is 25.0 Å². The van der Waals surface area contributed by atoms with E-state index < -0.39 is 22.8 Å². The van der Waals surface area contributed by atoms with Crippen molar-refractivity contribution >= 4 is 59.5 Å². The maximum Gasteiger partial charge on any atom is 0.512 e. The number of hydrogen-bond acceptors (Lipinski definition) is 15. The number of nitrogens with two attached hydrogens (primary N) is 1. The van der Waals surface area contributed by atoms with Crippen LogP contribution in [0, 0.1) is 0 Å². The summed E-state index contributed by atoms with van der Waals surface area (Å²) in [6.07, 6.45) is 0.601. The predicted octanol–water partition coefficient (Wildman–Crippen LogP) is 0.0999. The number of fused-ring (bicyclic) bond motifs is 1. The van der Waals surface area contributed by atoms with Gasteiger partial charge in [0.15, 0.2) is 5.82 Å². The number of β-lactam (4-membered cyclic amide) rings is 1. The number of ether oxygens (including phenoxy) is 1. The van der Waals surface area contributed by atoms with Crippen LogP contribution in [0.25, 0.3) is 0 Å². The van der Waals surface area contributed by atoms with Crippen LogP contribution in [0.4, 0.5) is 16.6 Å². The fourth-order valence-corrected chi connectivity index (χ4v) is 6.15. The van der Waals surface area contributed by atoms with Crippen LogP contribution in [0.5, 0.6) is 0 Å². The zero-order chi connectivity index (χ0) is 27.4. The number of oxazole rings is 1. The second-order valence-corrected chi connectivity index (χ2v) is 10.3. The van der Waals surface area contributed by atoms with Crippen molar-refractivity contribution in [2.75, 3.05) is 44.1 Å². The Balaban J connectivity index is 1.75. The van der Waals surface area contributed by atoms with E-state index in [-0.39, 0.29) is 41.4 Å². The molecule has 38 heavy (non-hydrogen) atoms. The number of nitrogens with zero attached hydrogens (tertiary/aromatic N) is 9. The summed E-state index contributed by atoms with van der Waals surface area (Å²) in [6.45, 7) is 1.17. The van der Waals surface area contributed by atoms with Gasteiger partial charge in [-0.15, -0.1) is 16.9 Å². The van der Waals surface area contributed by atoms with E-state index >= 15 is 0 Å². The van der Waals surface area contributed by atoms with Gasteiger partial charge < -0.3 is 29.7 Å². The average molecular weight is 569 g/mol. The van der Waals surface area contributed by atoms with Gasteiger partial charge in [0, 0.05) is 17.9 Å². The van der Waals surface area contributed by atoms with Crippen LogP contribution in [0.1, 0.15) is 6.42 Å². The standard InChI is InChI=1S/C19H24N10O7S2/c1-26(2)4-5-27-18(23-24-25-27)37-9-10-15(36-19(32)33)29-12(30)6-14(29)38-16(10)28(13(31)7-21-34-3)11-8-35-17(20)22-11/h7-8,14,16H,4-6,9H2,1-3H3,(H2,20,22)(H,32,33)/b21-7-/t14-,16?/m0/s1. The molecule has 17 nitrogen and oxygen atoms in total. The lowest BCUT2D eigenvalue weighted by molar-refractivity contribution is -0.141. The fourth-order valence-electron chi connectivity index (χ4n) is 3.55. The Morgan fingerprint density at radius 2 is 2.24 bits per heavy atom. The SMILES string of the molecule is CO/N=C\C(=O)N(c1coc(N)n1)C1S[C@H]2CC(=O)N2C(OC(=O)O)=C1CSc1nnnn1CCN(C)C. The molecule has 2 aliphatic rings. The molecule has 0 bridgehead atoms. The van der Waals surface area contributed by atoms with Crippen molar-refractivity contribution in [3.63, 3.8) is 0 Å². The van der Waals surface area contributed by atoms with Crippen LogP contribution in [-0.2, 0) is 25.7 Å².